The van der Waals surface area contributed by atoms with Gasteiger partial charge in [0.15, 0.2) is 0 Å². The van der Waals surface area contributed by atoms with Crippen LogP contribution in [0.4, 0.5) is 15.9 Å². The number of para-hydroxylation sites is 1. The maximum Gasteiger partial charge on any atom is 0.224 e. The zero-order valence-corrected chi connectivity index (χ0v) is 16.1. The Morgan fingerprint density at radius 3 is 2.88 bits per heavy atom. The molecule has 0 aliphatic heterocycles. The van der Waals surface area contributed by atoms with E-state index in [9.17, 15) is 4.39 Å². The molecule has 6 heteroatoms. The van der Waals surface area contributed by atoms with E-state index >= 15 is 0 Å². The SMILES string of the molecule is Cc1cccc(F)c1NCc1cnc(Cl)nc1NC1CCCC(C)CC1. The predicted molar refractivity (Wildman–Crippen MR) is 105 cm³/mol. The fourth-order valence-corrected chi connectivity index (χ4v) is 3.64. The highest BCUT2D eigenvalue weighted by Gasteiger charge is 2.18. The van der Waals surface area contributed by atoms with Gasteiger partial charge in [-0.25, -0.2) is 14.4 Å². The van der Waals surface area contributed by atoms with E-state index in [2.05, 4.69) is 27.5 Å². The van der Waals surface area contributed by atoms with Crippen LogP contribution in [0.2, 0.25) is 5.28 Å². The second-order valence-corrected chi connectivity index (χ2v) is 7.59. The summed E-state index contributed by atoms with van der Waals surface area (Å²) in [6.45, 7) is 4.63. The van der Waals surface area contributed by atoms with Crippen LogP contribution in [0.1, 0.15) is 50.2 Å². The Kier molecular flexibility index (Phi) is 6.30. The molecular weight excluding hydrogens is 351 g/mol. The van der Waals surface area contributed by atoms with Gasteiger partial charge in [-0.05, 0) is 55.3 Å². The average Bonchev–Trinajstić information content (AvgIpc) is 2.80. The van der Waals surface area contributed by atoms with Crippen LogP contribution in [0.15, 0.2) is 24.4 Å². The molecule has 26 heavy (non-hydrogen) atoms. The van der Waals surface area contributed by atoms with E-state index in [1.165, 1.54) is 25.3 Å². The molecule has 0 spiro atoms. The fraction of sp³-hybridized carbons (Fsp3) is 0.500. The Hall–Kier alpha value is -1.88. The summed E-state index contributed by atoms with van der Waals surface area (Å²) < 4.78 is 14.0. The van der Waals surface area contributed by atoms with Gasteiger partial charge in [-0.2, -0.15) is 0 Å². The number of aromatic nitrogens is 2. The van der Waals surface area contributed by atoms with Crippen LogP contribution in [-0.2, 0) is 6.54 Å². The summed E-state index contributed by atoms with van der Waals surface area (Å²) in [6, 6.07) is 5.44. The lowest BCUT2D eigenvalue weighted by atomic mass is 10.0. The molecule has 0 radical (unpaired) electrons. The summed E-state index contributed by atoms with van der Waals surface area (Å²) in [7, 11) is 0. The highest BCUT2D eigenvalue weighted by Crippen LogP contribution is 2.27. The largest absolute Gasteiger partial charge is 0.378 e. The van der Waals surface area contributed by atoms with Crippen molar-refractivity contribution < 1.29 is 4.39 Å². The van der Waals surface area contributed by atoms with Crippen LogP contribution in [0.25, 0.3) is 0 Å². The molecule has 3 rings (SSSR count). The molecule has 1 aliphatic rings. The summed E-state index contributed by atoms with van der Waals surface area (Å²) in [5, 5.41) is 6.95. The van der Waals surface area contributed by atoms with Gasteiger partial charge >= 0.3 is 0 Å². The predicted octanol–water partition coefficient (Wildman–Crippen LogP) is 5.57. The summed E-state index contributed by atoms with van der Waals surface area (Å²) in [4.78, 5) is 8.48. The fourth-order valence-electron chi connectivity index (χ4n) is 3.50. The number of halogens is 2. The molecule has 2 unspecified atom stereocenters. The van der Waals surface area contributed by atoms with Gasteiger partial charge in [0, 0.05) is 24.3 Å². The van der Waals surface area contributed by atoms with E-state index in [4.69, 9.17) is 11.6 Å². The molecule has 0 bridgehead atoms. The van der Waals surface area contributed by atoms with Crippen molar-refractivity contribution in [2.24, 2.45) is 5.92 Å². The molecule has 2 aromatic rings. The third-order valence-electron chi connectivity index (χ3n) is 5.11. The number of anilines is 2. The second-order valence-electron chi connectivity index (χ2n) is 7.25. The van der Waals surface area contributed by atoms with E-state index in [1.807, 2.05) is 13.0 Å². The third kappa shape index (κ3) is 4.85. The number of aryl methyl sites for hydroxylation is 1. The van der Waals surface area contributed by atoms with E-state index in [0.29, 0.717) is 18.3 Å². The number of rotatable bonds is 5. The lowest BCUT2D eigenvalue weighted by Crippen LogP contribution is -2.21. The smallest absolute Gasteiger partial charge is 0.224 e. The highest BCUT2D eigenvalue weighted by molar-refractivity contribution is 6.28. The maximum atomic E-state index is 14.0. The minimum atomic E-state index is -0.257. The first-order valence-corrected chi connectivity index (χ1v) is 9.67. The highest BCUT2D eigenvalue weighted by atomic mass is 35.5. The molecule has 140 valence electrons. The van der Waals surface area contributed by atoms with Crippen molar-refractivity contribution in [3.05, 3.63) is 46.6 Å². The van der Waals surface area contributed by atoms with E-state index in [0.717, 1.165) is 35.7 Å². The maximum absolute atomic E-state index is 14.0. The van der Waals surface area contributed by atoms with Crippen molar-refractivity contribution in [3.8, 4) is 0 Å². The van der Waals surface area contributed by atoms with Crippen molar-refractivity contribution in [2.45, 2.75) is 58.5 Å². The quantitative estimate of drug-likeness (QED) is 0.529. The van der Waals surface area contributed by atoms with Crippen LogP contribution in [0.5, 0.6) is 0 Å². The molecule has 2 N–H and O–H groups in total. The Balaban J connectivity index is 1.73. The molecule has 1 aliphatic carbocycles. The van der Waals surface area contributed by atoms with Gasteiger partial charge in [0.05, 0.1) is 5.69 Å². The molecule has 1 aromatic carbocycles. The Morgan fingerprint density at radius 1 is 1.23 bits per heavy atom. The Labute approximate surface area is 159 Å². The molecular formula is C20H26ClFN4. The molecule has 1 fully saturated rings. The van der Waals surface area contributed by atoms with E-state index < -0.39 is 0 Å². The second kappa shape index (κ2) is 8.67. The number of benzene rings is 1. The monoisotopic (exact) mass is 376 g/mol. The van der Waals surface area contributed by atoms with Crippen molar-refractivity contribution >= 4 is 23.1 Å². The molecule has 4 nitrogen and oxygen atoms in total. The average molecular weight is 377 g/mol. The number of nitrogens with one attached hydrogen (secondary N) is 2. The molecule has 1 saturated carbocycles. The van der Waals surface area contributed by atoms with Gasteiger partial charge in [-0.15, -0.1) is 0 Å². The van der Waals surface area contributed by atoms with Crippen LogP contribution in [-0.4, -0.2) is 16.0 Å². The van der Waals surface area contributed by atoms with Crippen LogP contribution in [0, 0.1) is 18.7 Å². The molecule has 0 amide bonds. The first-order valence-electron chi connectivity index (χ1n) is 9.30. The van der Waals surface area contributed by atoms with Crippen molar-refractivity contribution in [2.75, 3.05) is 10.6 Å². The zero-order chi connectivity index (χ0) is 18.5. The minimum Gasteiger partial charge on any atom is -0.378 e. The van der Waals surface area contributed by atoms with Gasteiger partial charge in [0.1, 0.15) is 11.6 Å². The normalized spacial score (nSPS) is 20.5. The topological polar surface area (TPSA) is 49.8 Å². The lowest BCUT2D eigenvalue weighted by Gasteiger charge is -2.20. The molecule has 1 aromatic heterocycles. The van der Waals surface area contributed by atoms with Crippen molar-refractivity contribution in [1.82, 2.24) is 9.97 Å². The number of nitrogens with zero attached hydrogens (tertiary/aromatic N) is 2. The Morgan fingerprint density at radius 2 is 2.08 bits per heavy atom. The molecule has 2 atom stereocenters. The van der Waals surface area contributed by atoms with Gasteiger partial charge in [0.25, 0.3) is 0 Å². The molecule has 1 heterocycles. The molecule has 0 saturated heterocycles. The van der Waals surface area contributed by atoms with Crippen molar-refractivity contribution in [1.29, 1.82) is 0 Å². The van der Waals surface area contributed by atoms with E-state index in [-0.39, 0.29) is 11.1 Å². The van der Waals surface area contributed by atoms with Gasteiger partial charge < -0.3 is 10.6 Å². The first kappa shape index (κ1) is 18.9. The van der Waals surface area contributed by atoms with Gasteiger partial charge in [0.2, 0.25) is 5.28 Å². The zero-order valence-electron chi connectivity index (χ0n) is 15.4. The lowest BCUT2D eigenvalue weighted by molar-refractivity contribution is 0.501. The first-order chi connectivity index (χ1) is 12.5. The Bertz CT molecular complexity index is 732. The standard InChI is InChI=1S/C20H26ClFN4/c1-13-5-3-7-16(10-9-13)25-19-15(12-24-20(21)26-19)11-23-18-14(2)6-4-8-17(18)22/h4,6,8,12-13,16,23H,3,5,7,9-11H2,1-2H3,(H,24,25,26). The number of hydrogen-bond acceptors (Lipinski definition) is 4. The van der Waals surface area contributed by atoms with Crippen LogP contribution < -0.4 is 10.6 Å². The van der Waals surface area contributed by atoms with Crippen molar-refractivity contribution in [3.63, 3.8) is 0 Å². The summed E-state index contributed by atoms with van der Waals surface area (Å²) >= 11 is 6.01. The third-order valence-corrected chi connectivity index (χ3v) is 5.29. The number of hydrogen-bond donors (Lipinski definition) is 2. The van der Waals surface area contributed by atoms with E-state index in [1.54, 1.807) is 12.3 Å². The van der Waals surface area contributed by atoms with Gasteiger partial charge in [-0.1, -0.05) is 31.9 Å². The summed E-state index contributed by atoms with van der Waals surface area (Å²) in [5.41, 5.74) is 2.26. The summed E-state index contributed by atoms with van der Waals surface area (Å²) in [5.74, 6) is 1.26. The minimum absolute atomic E-state index is 0.223. The summed E-state index contributed by atoms with van der Waals surface area (Å²) in [6.07, 6.45) is 7.69. The van der Waals surface area contributed by atoms with Crippen LogP contribution >= 0.6 is 11.6 Å². The van der Waals surface area contributed by atoms with Gasteiger partial charge in [-0.3, -0.25) is 0 Å². The van der Waals surface area contributed by atoms with Crippen LogP contribution in [0.3, 0.4) is 0 Å².